The Bertz CT molecular complexity index is 1030. The van der Waals surface area contributed by atoms with Gasteiger partial charge in [0.15, 0.2) is 0 Å². The van der Waals surface area contributed by atoms with Crippen LogP contribution in [-0.2, 0) is 33.8 Å². The predicted octanol–water partition coefficient (Wildman–Crippen LogP) is -1.39. The Kier molecular flexibility index (Phi) is 12.6. The van der Waals surface area contributed by atoms with E-state index < -0.39 is 49.3 Å². The number of phenols is 1. The van der Waals surface area contributed by atoms with Crippen molar-refractivity contribution in [3.63, 3.8) is 0 Å². The number of hydrogen-bond acceptors (Lipinski definition) is 9. The van der Waals surface area contributed by atoms with Crippen LogP contribution in [0.25, 0.3) is 0 Å². The summed E-state index contributed by atoms with van der Waals surface area (Å²) in [5.74, 6) is -4.75. The zero-order chi connectivity index (χ0) is 27.3. The van der Waals surface area contributed by atoms with Crippen molar-refractivity contribution in [2.24, 2.45) is 0 Å². The summed E-state index contributed by atoms with van der Waals surface area (Å²) in [5.41, 5.74) is 1.13. The van der Waals surface area contributed by atoms with Crippen LogP contribution in [0.4, 0.5) is 0 Å². The lowest BCUT2D eigenvalue weighted by Gasteiger charge is -2.19. The second-order valence-corrected chi connectivity index (χ2v) is 7.46. The van der Waals surface area contributed by atoms with Gasteiger partial charge in [-0.25, -0.2) is 4.79 Å². The summed E-state index contributed by atoms with van der Waals surface area (Å²) >= 11 is 0. The Morgan fingerprint density at radius 3 is 2.08 bits per heavy atom. The summed E-state index contributed by atoms with van der Waals surface area (Å²) in [5, 5.41) is 68.4. The van der Waals surface area contributed by atoms with Crippen molar-refractivity contribution in [1.82, 2.24) is 10.6 Å². The third-order valence-electron chi connectivity index (χ3n) is 4.92. The molecule has 36 heavy (non-hydrogen) atoms. The first-order valence-corrected chi connectivity index (χ1v) is 10.5. The monoisotopic (exact) mass is 506 g/mol. The van der Waals surface area contributed by atoms with E-state index in [0.717, 1.165) is 5.56 Å². The number of benzene rings is 2. The minimum absolute atomic E-state index is 0.0908. The molecule has 0 aliphatic heterocycles. The molecule has 0 heterocycles. The highest BCUT2D eigenvalue weighted by Gasteiger charge is 2.27. The number of para-hydroxylation sites is 1. The number of aliphatic hydroxyl groups is 1. The number of aromatic hydroxyl groups is 1. The molecule has 13 nitrogen and oxygen atoms in total. The summed E-state index contributed by atoms with van der Waals surface area (Å²) in [4.78, 5) is 42.8. The lowest BCUT2D eigenvalue weighted by molar-refractivity contribution is -0.140. The third-order valence-corrected chi connectivity index (χ3v) is 4.92. The van der Waals surface area contributed by atoms with Crippen LogP contribution in [0.5, 0.6) is 5.75 Å². The van der Waals surface area contributed by atoms with Gasteiger partial charge in [0.25, 0.3) is 6.47 Å². The van der Waals surface area contributed by atoms with Crippen molar-refractivity contribution in [1.29, 1.82) is 0 Å². The highest BCUT2D eigenvalue weighted by atomic mass is 16.4. The minimum atomic E-state index is -1.95. The van der Waals surface area contributed by atoms with Gasteiger partial charge < -0.3 is 40.9 Å². The lowest BCUT2D eigenvalue weighted by Crippen LogP contribution is -2.48. The molecule has 14 heteroatoms. The largest absolute Gasteiger partial charge is 0.507 e. The van der Waals surface area contributed by atoms with Gasteiger partial charge in [0.05, 0.1) is 19.0 Å². The average molecular weight is 506 g/mol. The van der Waals surface area contributed by atoms with Gasteiger partial charge in [-0.15, -0.1) is 0 Å². The number of carbonyl (C=O) groups excluding carboxylic acids is 1. The van der Waals surface area contributed by atoms with Crippen LogP contribution in [-0.4, -0.2) is 85.6 Å². The van der Waals surface area contributed by atoms with Gasteiger partial charge in [0, 0.05) is 6.54 Å². The summed E-state index contributed by atoms with van der Waals surface area (Å²) < 4.78 is 0. The van der Waals surface area contributed by atoms with Crippen LogP contribution >= 0.6 is 0 Å². The van der Waals surface area contributed by atoms with Gasteiger partial charge in [-0.1, -0.05) is 36.4 Å². The van der Waals surface area contributed by atoms with Crippen LogP contribution in [0.15, 0.2) is 42.5 Å². The third kappa shape index (κ3) is 9.72. The number of carboxylic acid groups (broad SMARTS) is 3. The van der Waals surface area contributed by atoms with Gasteiger partial charge in [0.1, 0.15) is 17.4 Å². The van der Waals surface area contributed by atoms with E-state index >= 15 is 0 Å². The van der Waals surface area contributed by atoms with Gasteiger partial charge in [-0.2, -0.15) is 0 Å². The van der Waals surface area contributed by atoms with Crippen LogP contribution < -0.4 is 10.6 Å². The number of rotatable bonds is 12. The molecule has 1 unspecified atom stereocenters. The van der Waals surface area contributed by atoms with E-state index in [9.17, 15) is 29.5 Å². The number of aliphatic carboxylic acids is 1. The first-order chi connectivity index (χ1) is 17.0. The molecule has 0 aromatic heterocycles. The first-order valence-electron chi connectivity index (χ1n) is 10.5. The van der Waals surface area contributed by atoms with Crippen LogP contribution in [0.2, 0.25) is 0 Å². The van der Waals surface area contributed by atoms with Gasteiger partial charge in [0.2, 0.25) is 5.91 Å². The SMILES string of the molecule is O=C(Cc1ccc(CNC(CO)C(=O)O)cc1)N[C@@H](Cc1cccc(C(=O)O)c1O)B(O)O.O=CO. The highest BCUT2D eigenvalue weighted by molar-refractivity contribution is 6.43. The molecule has 0 fully saturated rings. The molecule has 1 amide bonds. The van der Waals surface area contributed by atoms with Gasteiger partial charge in [-0.3, -0.25) is 19.7 Å². The Labute approximate surface area is 205 Å². The van der Waals surface area contributed by atoms with Crippen LogP contribution in [0.1, 0.15) is 27.0 Å². The number of hydrogen-bond donors (Lipinski definition) is 9. The molecule has 194 valence electrons. The summed E-state index contributed by atoms with van der Waals surface area (Å²) in [7, 11) is -1.95. The molecule has 0 saturated heterocycles. The molecular formula is C22H27BN2O11. The minimum Gasteiger partial charge on any atom is -0.507 e. The number of amides is 1. The maximum absolute atomic E-state index is 12.4. The highest BCUT2D eigenvalue weighted by Crippen LogP contribution is 2.24. The molecule has 0 radical (unpaired) electrons. The summed E-state index contributed by atoms with van der Waals surface area (Å²) in [6.45, 7) is -0.606. The maximum Gasteiger partial charge on any atom is 0.475 e. The van der Waals surface area contributed by atoms with E-state index in [0.29, 0.717) is 5.56 Å². The van der Waals surface area contributed by atoms with E-state index in [1.807, 2.05) is 0 Å². The molecule has 0 aliphatic carbocycles. The average Bonchev–Trinajstić information content (AvgIpc) is 2.81. The van der Waals surface area contributed by atoms with E-state index in [1.54, 1.807) is 24.3 Å². The molecule has 9 N–H and O–H groups in total. The van der Waals surface area contributed by atoms with Crippen molar-refractivity contribution >= 4 is 31.4 Å². The molecule has 2 aromatic rings. The van der Waals surface area contributed by atoms with E-state index in [1.165, 1.54) is 18.2 Å². The fourth-order valence-electron chi connectivity index (χ4n) is 3.09. The number of carbonyl (C=O) groups is 4. The molecule has 2 rings (SSSR count). The molecule has 0 aliphatic rings. The van der Waals surface area contributed by atoms with Crippen LogP contribution in [0, 0.1) is 0 Å². The van der Waals surface area contributed by atoms with Crippen molar-refractivity contribution in [2.45, 2.75) is 31.4 Å². The number of aromatic carboxylic acids is 1. The van der Waals surface area contributed by atoms with Gasteiger partial charge >= 0.3 is 19.1 Å². The number of carboxylic acids is 2. The Balaban J connectivity index is 0.00000205. The Hall–Kier alpha value is -3.98. The Morgan fingerprint density at radius 1 is 1.00 bits per heavy atom. The fraction of sp³-hybridized carbons (Fsp3) is 0.273. The Morgan fingerprint density at radius 2 is 1.58 bits per heavy atom. The zero-order valence-electron chi connectivity index (χ0n) is 18.9. The molecular weight excluding hydrogens is 479 g/mol. The van der Waals surface area contributed by atoms with Crippen molar-refractivity contribution in [3.05, 3.63) is 64.7 Å². The van der Waals surface area contributed by atoms with Crippen molar-refractivity contribution < 1.29 is 54.8 Å². The van der Waals surface area contributed by atoms with Crippen molar-refractivity contribution in [3.8, 4) is 5.75 Å². The standard InChI is InChI=1S/C21H25BN2O9.CH2O2/c25-11-16(21(30)31)23-10-13-6-4-12(5-7-13)8-18(26)24-17(22(32)33)9-14-2-1-3-15(19(14)27)20(28)29;2-1-3/h1-7,16-17,23,25,27,32-33H,8-11H2,(H,24,26)(H,28,29)(H,30,31);1H,(H,2,3)/t16?,17-;/m0./s1. The van der Waals surface area contributed by atoms with E-state index in [-0.39, 0.29) is 37.0 Å². The molecule has 2 aromatic carbocycles. The second-order valence-electron chi connectivity index (χ2n) is 7.46. The van der Waals surface area contributed by atoms with Crippen molar-refractivity contribution in [2.75, 3.05) is 6.61 Å². The zero-order valence-corrected chi connectivity index (χ0v) is 18.9. The maximum atomic E-state index is 12.4. The molecule has 0 bridgehead atoms. The number of nitrogens with one attached hydrogen (secondary N) is 2. The number of aliphatic hydroxyl groups excluding tert-OH is 1. The summed E-state index contributed by atoms with van der Waals surface area (Å²) in [6.07, 6.45) is -0.303. The molecule has 0 saturated carbocycles. The van der Waals surface area contributed by atoms with E-state index in [2.05, 4.69) is 10.6 Å². The van der Waals surface area contributed by atoms with E-state index in [4.69, 9.17) is 25.2 Å². The smallest absolute Gasteiger partial charge is 0.475 e. The normalized spacial score (nSPS) is 11.9. The quantitative estimate of drug-likeness (QED) is 0.120. The van der Waals surface area contributed by atoms with Crippen LogP contribution in [0.3, 0.4) is 0 Å². The topological polar surface area (TPSA) is 234 Å². The predicted molar refractivity (Wildman–Crippen MR) is 125 cm³/mol. The first kappa shape index (κ1) is 30.1. The molecule has 2 atom stereocenters. The summed E-state index contributed by atoms with van der Waals surface area (Å²) in [6, 6.07) is 9.59. The molecule has 0 spiro atoms. The fourth-order valence-corrected chi connectivity index (χ4v) is 3.09. The lowest BCUT2D eigenvalue weighted by atomic mass is 9.75. The van der Waals surface area contributed by atoms with Gasteiger partial charge in [-0.05, 0) is 29.2 Å². The second kappa shape index (κ2) is 15.1.